The van der Waals surface area contributed by atoms with Gasteiger partial charge in [-0.3, -0.25) is 4.79 Å². The van der Waals surface area contributed by atoms with Gasteiger partial charge in [-0.2, -0.15) is 0 Å². The molecule has 0 unspecified atom stereocenters. The van der Waals surface area contributed by atoms with Gasteiger partial charge in [-0.05, 0) is 47.2 Å². The van der Waals surface area contributed by atoms with E-state index in [1.807, 2.05) is 89.8 Å². The lowest BCUT2D eigenvalue weighted by Gasteiger charge is -2.07. The molecule has 1 amide bonds. The van der Waals surface area contributed by atoms with Gasteiger partial charge in [-0.25, -0.2) is 4.57 Å². The fourth-order valence-corrected chi connectivity index (χ4v) is 3.27. The molecule has 0 aliphatic heterocycles. The van der Waals surface area contributed by atoms with Crippen molar-refractivity contribution in [1.82, 2.24) is 0 Å². The van der Waals surface area contributed by atoms with Gasteiger partial charge in [-0.15, -0.1) is 0 Å². The Balaban J connectivity index is 0.00000256. The van der Waals surface area contributed by atoms with Crippen LogP contribution in [-0.2, 0) is 6.54 Å². The molecule has 4 rings (SSSR count). The molecular formula is C24H20Cl2N2O2. The lowest BCUT2D eigenvalue weighted by atomic mass is 10.1. The zero-order valence-electron chi connectivity index (χ0n) is 16.3. The van der Waals surface area contributed by atoms with Gasteiger partial charge >= 0.3 is 0 Å². The van der Waals surface area contributed by atoms with E-state index < -0.39 is 0 Å². The number of amides is 1. The van der Waals surface area contributed by atoms with E-state index in [9.17, 15) is 4.79 Å². The van der Waals surface area contributed by atoms with Crippen LogP contribution in [0.1, 0.15) is 15.9 Å². The molecule has 0 aliphatic rings. The van der Waals surface area contributed by atoms with Crippen molar-refractivity contribution in [2.24, 2.45) is 0 Å². The molecule has 0 saturated carbocycles. The van der Waals surface area contributed by atoms with Gasteiger partial charge in [0.2, 0.25) is 0 Å². The van der Waals surface area contributed by atoms with Crippen molar-refractivity contribution in [3.05, 3.63) is 101 Å². The maximum atomic E-state index is 12.6. The molecule has 6 heteroatoms. The first-order chi connectivity index (χ1) is 14.1. The number of aromatic nitrogens is 1. The number of rotatable bonds is 5. The second kappa shape index (κ2) is 9.61. The normalized spacial score (nSPS) is 10.3. The molecule has 0 radical (unpaired) electrons. The highest BCUT2D eigenvalue weighted by Gasteiger charge is 2.09. The number of benzene rings is 3. The van der Waals surface area contributed by atoms with Crippen LogP contribution in [0.2, 0.25) is 5.02 Å². The molecule has 1 aromatic heterocycles. The van der Waals surface area contributed by atoms with E-state index in [1.165, 1.54) is 0 Å². The standard InChI is InChI=1S/C24H19ClN2O2.ClH/c1-29-23-9-6-18-14-20(5-4-19(18)15-23)24(28)26-22-10-12-27(13-11-22)16-17-2-7-21(25)8-3-17;/h2-15H,16H2,1H3;1H. The number of methoxy groups -OCH3 is 1. The summed E-state index contributed by atoms with van der Waals surface area (Å²) >= 11 is 5.93. The first-order valence-corrected chi connectivity index (χ1v) is 9.61. The molecule has 1 heterocycles. The summed E-state index contributed by atoms with van der Waals surface area (Å²) in [6, 6.07) is 23.0. The van der Waals surface area contributed by atoms with Crippen molar-refractivity contribution in [3.63, 3.8) is 0 Å². The summed E-state index contributed by atoms with van der Waals surface area (Å²) in [5.41, 5.74) is 2.52. The lowest BCUT2D eigenvalue weighted by molar-refractivity contribution is -0.688. The van der Waals surface area contributed by atoms with Crippen LogP contribution in [-0.4, -0.2) is 13.0 Å². The second-order valence-electron chi connectivity index (χ2n) is 6.77. The highest BCUT2D eigenvalue weighted by molar-refractivity contribution is 6.30. The molecule has 0 bridgehead atoms. The van der Waals surface area contributed by atoms with Crippen LogP contribution >= 0.6 is 11.6 Å². The van der Waals surface area contributed by atoms with Gasteiger partial charge < -0.3 is 22.5 Å². The monoisotopic (exact) mass is 438 g/mol. The maximum absolute atomic E-state index is 12.6. The molecule has 0 atom stereocenters. The number of fused-ring (bicyclic) bond motifs is 1. The van der Waals surface area contributed by atoms with Gasteiger partial charge in [0.1, 0.15) is 5.75 Å². The molecule has 4 aromatic rings. The number of hydrogen-bond acceptors (Lipinski definition) is 2. The van der Waals surface area contributed by atoms with Crippen molar-refractivity contribution in [2.75, 3.05) is 12.4 Å². The average Bonchev–Trinajstić information content (AvgIpc) is 2.76. The quantitative estimate of drug-likeness (QED) is 0.484. The molecule has 0 spiro atoms. The Labute approximate surface area is 186 Å². The van der Waals surface area contributed by atoms with Gasteiger partial charge in [-0.1, -0.05) is 35.9 Å². The first-order valence-electron chi connectivity index (χ1n) is 9.23. The van der Waals surface area contributed by atoms with Crippen LogP contribution in [0, 0.1) is 0 Å². The maximum Gasteiger partial charge on any atom is 0.255 e. The number of hydrogen-bond donors (Lipinski definition) is 1. The Bertz CT molecular complexity index is 1160. The van der Waals surface area contributed by atoms with Crippen molar-refractivity contribution < 1.29 is 26.5 Å². The second-order valence-corrected chi connectivity index (χ2v) is 7.20. The molecule has 30 heavy (non-hydrogen) atoms. The highest BCUT2D eigenvalue weighted by Crippen LogP contribution is 2.22. The molecular weight excluding hydrogens is 419 g/mol. The van der Waals surface area contributed by atoms with Gasteiger partial charge in [0.05, 0.1) is 12.8 Å². The number of nitrogens with zero attached hydrogens (tertiary/aromatic N) is 1. The van der Waals surface area contributed by atoms with Crippen LogP contribution in [0.5, 0.6) is 5.75 Å². The third-order valence-electron chi connectivity index (χ3n) is 4.74. The summed E-state index contributed by atoms with van der Waals surface area (Å²) in [5.74, 6) is 0.657. The van der Waals surface area contributed by atoms with Crippen molar-refractivity contribution in [1.29, 1.82) is 0 Å². The predicted octanol–water partition coefficient (Wildman–Crippen LogP) is 2.09. The number of halogens is 2. The predicted molar refractivity (Wildman–Crippen MR) is 116 cm³/mol. The minimum absolute atomic E-state index is 0. The molecule has 1 N–H and O–H groups in total. The van der Waals surface area contributed by atoms with E-state index in [0.29, 0.717) is 5.56 Å². The Morgan fingerprint density at radius 2 is 1.60 bits per heavy atom. The first kappa shape index (κ1) is 21.6. The van der Waals surface area contributed by atoms with E-state index in [4.69, 9.17) is 16.3 Å². The van der Waals surface area contributed by atoms with Crippen molar-refractivity contribution in [2.45, 2.75) is 6.54 Å². The van der Waals surface area contributed by atoms with Crippen molar-refractivity contribution >= 4 is 34.0 Å². The minimum atomic E-state index is -0.141. The number of ether oxygens (including phenoxy) is 1. The summed E-state index contributed by atoms with van der Waals surface area (Å²) in [6.07, 6.45) is 3.88. The zero-order chi connectivity index (χ0) is 20.2. The number of pyridine rings is 1. The summed E-state index contributed by atoms with van der Waals surface area (Å²) in [5, 5.41) is 5.70. The van der Waals surface area contributed by atoms with Gasteiger partial charge in [0, 0.05) is 28.3 Å². The van der Waals surface area contributed by atoms with Crippen LogP contribution in [0.4, 0.5) is 5.69 Å². The van der Waals surface area contributed by atoms with E-state index in [-0.39, 0.29) is 18.3 Å². The SMILES string of the molecule is COc1ccc2cc(C(=O)Nc3cc[n+](Cc4ccc(Cl)cc4)cc3)ccc2c1.[Cl-]. The smallest absolute Gasteiger partial charge is 0.255 e. The Morgan fingerprint density at radius 1 is 0.933 bits per heavy atom. The number of carbonyl (C=O) groups excluding carboxylic acids is 1. The summed E-state index contributed by atoms with van der Waals surface area (Å²) in [7, 11) is 1.64. The Kier molecular flexibility index (Phi) is 6.93. The van der Waals surface area contributed by atoms with Crippen LogP contribution < -0.4 is 27.0 Å². The van der Waals surface area contributed by atoms with Crippen LogP contribution in [0.3, 0.4) is 0 Å². The Morgan fingerprint density at radius 3 is 2.30 bits per heavy atom. The fourth-order valence-electron chi connectivity index (χ4n) is 3.14. The average molecular weight is 439 g/mol. The van der Waals surface area contributed by atoms with E-state index in [2.05, 4.69) is 5.32 Å². The summed E-state index contributed by atoms with van der Waals surface area (Å²) in [4.78, 5) is 12.6. The third kappa shape index (κ3) is 5.09. The molecule has 4 nitrogen and oxygen atoms in total. The lowest BCUT2D eigenvalue weighted by Crippen LogP contribution is -3.00. The summed E-state index contributed by atoms with van der Waals surface area (Å²) in [6.45, 7) is 0.736. The van der Waals surface area contributed by atoms with Crippen LogP contribution in [0.25, 0.3) is 10.8 Å². The molecule has 3 aromatic carbocycles. The van der Waals surface area contributed by atoms with Crippen molar-refractivity contribution in [3.8, 4) is 5.75 Å². The van der Waals surface area contributed by atoms with Gasteiger partial charge in [0.15, 0.2) is 18.9 Å². The molecule has 0 fully saturated rings. The number of nitrogens with one attached hydrogen (secondary N) is 1. The van der Waals surface area contributed by atoms with E-state index >= 15 is 0 Å². The zero-order valence-corrected chi connectivity index (χ0v) is 17.8. The molecule has 152 valence electrons. The highest BCUT2D eigenvalue weighted by atomic mass is 35.5. The van der Waals surface area contributed by atoms with E-state index in [1.54, 1.807) is 7.11 Å². The summed E-state index contributed by atoms with van der Waals surface area (Å²) < 4.78 is 7.29. The number of anilines is 1. The molecule has 0 saturated heterocycles. The molecule has 0 aliphatic carbocycles. The number of carbonyl (C=O) groups is 1. The fraction of sp³-hybridized carbons (Fsp3) is 0.0833. The van der Waals surface area contributed by atoms with Gasteiger partial charge in [0.25, 0.3) is 5.91 Å². The van der Waals surface area contributed by atoms with Crippen LogP contribution in [0.15, 0.2) is 85.2 Å². The largest absolute Gasteiger partial charge is 1.00 e. The third-order valence-corrected chi connectivity index (χ3v) is 4.99. The van der Waals surface area contributed by atoms with E-state index in [0.717, 1.165) is 39.3 Å². The topological polar surface area (TPSA) is 42.2 Å². The Hall–Kier alpha value is -3.08. The minimum Gasteiger partial charge on any atom is -1.00 e.